The van der Waals surface area contributed by atoms with Gasteiger partial charge in [0.05, 0.1) is 0 Å². The quantitative estimate of drug-likeness (QED) is 0.227. The normalized spacial score (nSPS) is 15.2. The molecule has 0 radical (unpaired) electrons. The van der Waals surface area contributed by atoms with Crippen LogP contribution < -0.4 is 4.74 Å². The third-order valence-electron chi connectivity index (χ3n) is 7.78. The molecule has 0 saturated carbocycles. The van der Waals surface area contributed by atoms with Gasteiger partial charge in [0.2, 0.25) is 5.82 Å². The fourth-order valence-electron chi connectivity index (χ4n) is 5.75. The first-order valence-electron chi connectivity index (χ1n) is 14.2. The molecule has 7 nitrogen and oxygen atoms in total. The fraction of sp³-hybridized carbons (Fsp3) is 0.265. The van der Waals surface area contributed by atoms with Crippen LogP contribution in [0.5, 0.6) is 5.75 Å². The van der Waals surface area contributed by atoms with Gasteiger partial charge >= 0.3 is 0 Å². The van der Waals surface area contributed by atoms with Crippen LogP contribution in [0, 0.1) is 5.92 Å². The maximum absolute atomic E-state index is 10.8. The van der Waals surface area contributed by atoms with Crippen LogP contribution >= 0.6 is 0 Å². The van der Waals surface area contributed by atoms with Crippen molar-refractivity contribution < 1.29 is 14.4 Å². The molecular formula is C34H34N4O3. The molecule has 3 aromatic carbocycles. The highest BCUT2D eigenvalue weighted by Gasteiger charge is 2.29. The van der Waals surface area contributed by atoms with Crippen LogP contribution in [0.25, 0.3) is 22.8 Å². The summed E-state index contributed by atoms with van der Waals surface area (Å²) >= 11 is 0. The molecule has 0 amide bonds. The van der Waals surface area contributed by atoms with Crippen molar-refractivity contribution in [2.75, 3.05) is 26.2 Å². The SMILES string of the molecule is OC(COc1cccc(-c2noc(-c3ccncc3)n2)c1)CN1CCC(C(c2ccccc2)c2ccccc2)CC1. The molecule has 1 unspecified atom stereocenters. The van der Waals surface area contributed by atoms with Crippen molar-refractivity contribution in [1.29, 1.82) is 0 Å². The van der Waals surface area contributed by atoms with Gasteiger partial charge in [-0.05, 0) is 67.2 Å². The minimum Gasteiger partial charge on any atom is -0.491 e. The van der Waals surface area contributed by atoms with Crippen molar-refractivity contribution in [2.24, 2.45) is 5.92 Å². The molecule has 0 aliphatic carbocycles. The molecular weight excluding hydrogens is 512 g/mol. The van der Waals surface area contributed by atoms with E-state index in [0.717, 1.165) is 37.1 Å². The molecule has 1 saturated heterocycles. The maximum atomic E-state index is 10.8. The number of rotatable bonds is 10. The van der Waals surface area contributed by atoms with E-state index < -0.39 is 6.10 Å². The highest BCUT2D eigenvalue weighted by Crippen LogP contribution is 2.38. The molecule has 41 heavy (non-hydrogen) atoms. The number of piperidine rings is 1. The molecule has 5 aromatic rings. The number of aliphatic hydroxyl groups is 1. The van der Waals surface area contributed by atoms with Crippen LogP contribution in [0.2, 0.25) is 0 Å². The summed E-state index contributed by atoms with van der Waals surface area (Å²) in [7, 11) is 0. The standard InChI is InChI=1S/C34H34N4O3/c39-30(24-40-31-13-7-12-29(22-31)33-36-34(41-37-33)28-14-18-35-19-15-28)23-38-20-16-27(17-21-38)32(25-8-3-1-4-9-25)26-10-5-2-6-11-26/h1-15,18-19,22,27,30,32,39H,16-17,20-21,23-24H2. The highest BCUT2D eigenvalue weighted by molar-refractivity contribution is 5.60. The van der Waals surface area contributed by atoms with Gasteiger partial charge in [0.1, 0.15) is 18.5 Å². The first-order chi connectivity index (χ1) is 20.2. The van der Waals surface area contributed by atoms with Gasteiger partial charge < -0.3 is 19.3 Å². The average Bonchev–Trinajstić information content (AvgIpc) is 3.54. The first kappa shape index (κ1) is 26.9. The second-order valence-corrected chi connectivity index (χ2v) is 10.6. The van der Waals surface area contributed by atoms with Crippen molar-refractivity contribution in [3.8, 4) is 28.6 Å². The topological polar surface area (TPSA) is 84.5 Å². The second-order valence-electron chi connectivity index (χ2n) is 10.6. The zero-order chi connectivity index (χ0) is 27.9. The summed E-state index contributed by atoms with van der Waals surface area (Å²) in [4.78, 5) is 10.9. The number of hydrogen-bond acceptors (Lipinski definition) is 7. The van der Waals surface area contributed by atoms with Crippen LogP contribution in [0.15, 0.2) is 114 Å². The van der Waals surface area contributed by atoms with Gasteiger partial charge in [-0.2, -0.15) is 4.98 Å². The van der Waals surface area contributed by atoms with E-state index in [1.807, 2.05) is 36.4 Å². The van der Waals surface area contributed by atoms with E-state index in [-0.39, 0.29) is 6.61 Å². The van der Waals surface area contributed by atoms with E-state index in [9.17, 15) is 5.11 Å². The Kier molecular flexibility index (Phi) is 8.45. The summed E-state index contributed by atoms with van der Waals surface area (Å²) in [5.74, 6) is 2.53. The molecule has 0 bridgehead atoms. The molecule has 1 atom stereocenters. The molecule has 208 valence electrons. The van der Waals surface area contributed by atoms with Crippen LogP contribution in [0.3, 0.4) is 0 Å². The molecule has 2 aromatic heterocycles. The number of benzene rings is 3. The number of β-amino-alcohol motifs (C(OH)–C–C–N with tert-alkyl or cyclic N) is 1. The van der Waals surface area contributed by atoms with Crippen molar-refractivity contribution >= 4 is 0 Å². The van der Waals surface area contributed by atoms with Gasteiger partial charge in [-0.3, -0.25) is 4.98 Å². The predicted octanol–water partition coefficient (Wildman–Crippen LogP) is 6.08. The Hall–Kier alpha value is -4.33. The number of nitrogens with zero attached hydrogens (tertiary/aromatic N) is 4. The predicted molar refractivity (Wildman–Crippen MR) is 158 cm³/mol. The fourth-order valence-corrected chi connectivity index (χ4v) is 5.75. The van der Waals surface area contributed by atoms with Crippen molar-refractivity contribution in [3.05, 3.63) is 121 Å². The summed E-state index contributed by atoms with van der Waals surface area (Å²) in [5.41, 5.74) is 4.35. The van der Waals surface area contributed by atoms with Crippen molar-refractivity contribution in [3.63, 3.8) is 0 Å². The van der Waals surface area contributed by atoms with Crippen molar-refractivity contribution in [1.82, 2.24) is 20.0 Å². The van der Waals surface area contributed by atoms with Gasteiger partial charge in [-0.25, -0.2) is 0 Å². The van der Waals surface area contributed by atoms with Gasteiger partial charge in [-0.15, -0.1) is 0 Å². The van der Waals surface area contributed by atoms with Crippen LogP contribution in [0.1, 0.15) is 29.9 Å². The summed E-state index contributed by atoms with van der Waals surface area (Å²) in [6.07, 6.45) is 4.98. The van der Waals surface area contributed by atoms with E-state index in [2.05, 4.69) is 80.7 Å². The van der Waals surface area contributed by atoms with Gasteiger partial charge in [-0.1, -0.05) is 78.0 Å². The minimum atomic E-state index is -0.585. The van der Waals surface area contributed by atoms with E-state index in [1.54, 1.807) is 12.4 Å². The highest BCUT2D eigenvalue weighted by atomic mass is 16.5. The lowest BCUT2D eigenvalue weighted by molar-refractivity contribution is 0.0538. The molecule has 1 N–H and O–H groups in total. The molecule has 7 heteroatoms. The molecule has 3 heterocycles. The lowest BCUT2D eigenvalue weighted by atomic mass is 9.76. The second kappa shape index (κ2) is 12.9. The first-order valence-corrected chi connectivity index (χ1v) is 14.2. The Balaban J connectivity index is 1.02. The average molecular weight is 547 g/mol. The van der Waals surface area contributed by atoms with E-state index in [4.69, 9.17) is 9.26 Å². The number of pyridine rings is 1. The lowest BCUT2D eigenvalue weighted by Crippen LogP contribution is -2.41. The molecule has 1 fully saturated rings. The third-order valence-corrected chi connectivity index (χ3v) is 7.78. The van der Waals surface area contributed by atoms with Crippen LogP contribution in [-0.4, -0.2) is 57.5 Å². The van der Waals surface area contributed by atoms with E-state index >= 15 is 0 Å². The number of hydrogen-bond donors (Lipinski definition) is 1. The van der Waals surface area contributed by atoms with Crippen molar-refractivity contribution in [2.45, 2.75) is 24.9 Å². The summed E-state index contributed by atoms with van der Waals surface area (Å²) in [5, 5.41) is 14.9. The lowest BCUT2D eigenvalue weighted by Gasteiger charge is -2.37. The van der Waals surface area contributed by atoms with Gasteiger partial charge in [0.25, 0.3) is 5.89 Å². The Morgan fingerprint density at radius 2 is 1.51 bits per heavy atom. The Morgan fingerprint density at radius 1 is 0.829 bits per heavy atom. The monoisotopic (exact) mass is 546 g/mol. The summed E-state index contributed by atoms with van der Waals surface area (Å²) in [6, 6.07) is 32.9. The number of aliphatic hydroxyl groups excluding tert-OH is 1. The number of likely N-dealkylation sites (tertiary alicyclic amines) is 1. The van der Waals surface area contributed by atoms with Gasteiger partial charge in [0.15, 0.2) is 0 Å². The van der Waals surface area contributed by atoms with Crippen LogP contribution in [0.4, 0.5) is 0 Å². The van der Waals surface area contributed by atoms with E-state index in [1.165, 1.54) is 11.1 Å². The molecule has 6 rings (SSSR count). The van der Waals surface area contributed by atoms with E-state index in [0.29, 0.717) is 35.8 Å². The largest absolute Gasteiger partial charge is 0.491 e. The molecule has 0 spiro atoms. The zero-order valence-electron chi connectivity index (χ0n) is 22.9. The van der Waals surface area contributed by atoms with Gasteiger partial charge in [0, 0.05) is 36.0 Å². The smallest absolute Gasteiger partial charge is 0.258 e. The molecule has 1 aliphatic rings. The minimum absolute atomic E-state index is 0.217. The summed E-state index contributed by atoms with van der Waals surface area (Å²) in [6.45, 7) is 2.73. The Labute approximate surface area is 240 Å². The Bertz CT molecular complexity index is 1460. The number of ether oxygens (including phenoxy) is 1. The Morgan fingerprint density at radius 3 is 2.20 bits per heavy atom. The third kappa shape index (κ3) is 6.70. The summed E-state index contributed by atoms with van der Waals surface area (Å²) < 4.78 is 11.4. The van der Waals surface area contributed by atoms with Crippen LogP contribution in [-0.2, 0) is 0 Å². The number of aromatic nitrogens is 3. The maximum Gasteiger partial charge on any atom is 0.258 e. The molecule has 1 aliphatic heterocycles. The zero-order valence-corrected chi connectivity index (χ0v) is 22.9.